The van der Waals surface area contributed by atoms with Gasteiger partial charge in [-0.3, -0.25) is 4.98 Å². The van der Waals surface area contributed by atoms with Crippen LogP contribution >= 0.6 is 0 Å². The van der Waals surface area contributed by atoms with Crippen LogP contribution in [0.5, 0.6) is 0 Å². The maximum Gasteiger partial charge on any atom is 0.135 e. The quantitative estimate of drug-likeness (QED) is 0.717. The van der Waals surface area contributed by atoms with Crippen molar-refractivity contribution < 1.29 is 4.39 Å². The highest BCUT2D eigenvalue weighted by molar-refractivity contribution is 5.94. The average Bonchev–Trinajstić information content (AvgIpc) is 3.03. The molecule has 0 saturated carbocycles. The molecule has 0 bridgehead atoms. The van der Waals surface area contributed by atoms with Gasteiger partial charge in [-0.15, -0.1) is 10.2 Å². The number of pyridine rings is 1. The molecule has 0 unspecified atom stereocenters. The highest BCUT2D eigenvalue weighted by Gasteiger charge is 2.26. The third-order valence-electron chi connectivity index (χ3n) is 5.32. The van der Waals surface area contributed by atoms with Gasteiger partial charge in [-0.25, -0.2) is 4.39 Å². The van der Waals surface area contributed by atoms with Crippen LogP contribution in [0, 0.1) is 19.7 Å². The summed E-state index contributed by atoms with van der Waals surface area (Å²) in [7, 11) is 1.99. The topological polar surface area (TPSA) is 46.8 Å². The van der Waals surface area contributed by atoms with Crippen molar-refractivity contribution in [2.24, 2.45) is 7.05 Å². The van der Waals surface area contributed by atoms with Crippen molar-refractivity contribution in [2.75, 3.05) is 18.0 Å². The van der Waals surface area contributed by atoms with E-state index in [2.05, 4.69) is 27.0 Å². The van der Waals surface area contributed by atoms with E-state index >= 15 is 0 Å². The zero-order valence-electron chi connectivity index (χ0n) is 14.8. The lowest BCUT2D eigenvalue weighted by Crippen LogP contribution is -2.34. The molecular weight excluding hydrogens is 317 g/mol. The molecule has 0 aliphatic carbocycles. The minimum Gasteiger partial charge on any atom is -0.371 e. The molecule has 25 heavy (non-hydrogen) atoms. The first-order valence-electron chi connectivity index (χ1n) is 8.70. The molecule has 0 N–H and O–H groups in total. The molecule has 1 aliphatic heterocycles. The highest BCUT2D eigenvalue weighted by atomic mass is 19.1. The number of piperidine rings is 1. The summed E-state index contributed by atoms with van der Waals surface area (Å²) in [4.78, 5) is 7.00. The Morgan fingerprint density at radius 1 is 1.16 bits per heavy atom. The van der Waals surface area contributed by atoms with E-state index in [-0.39, 0.29) is 5.82 Å². The Labute approximate surface area is 146 Å². The van der Waals surface area contributed by atoms with E-state index < -0.39 is 0 Å². The standard InChI is InChI=1S/C19H22FN5/c1-12-13(2)22-17-5-4-15(20)10-16(17)18(12)25-8-6-14(7-9-25)19-23-21-11-24(19)3/h4-5,10-11,14H,6-9H2,1-3H3. The van der Waals surface area contributed by atoms with Gasteiger partial charge in [-0.2, -0.15) is 0 Å². The van der Waals surface area contributed by atoms with Gasteiger partial charge in [0.25, 0.3) is 0 Å². The summed E-state index contributed by atoms with van der Waals surface area (Å²) in [6.45, 7) is 5.95. The van der Waals surface area contributed by atoms with E-state index in [1.54, 1.807) is 18.5 Å². The molecule has 4 rings (SSSR count). The number of aromatic nitrogens is 4. The van der Waals surface area contributed by atoms with Crippen LogP contribution in [-0.2, 0) is 7.05 Å². The van der Waals surface area contributed by atoms with Gasteiger partial charge in [-0.1, -0.05) is 0 Å². The monoisotopic (exact) mass is 339 g/mol. The van der Waals surface area contributed by atoms with Crippen molar-refractivity contribution in [3.05, 3.63) is 47.4 Å². The third kappa shape index (κ3) is 2.75. The molecule has 6 heteroatoms. The molecule has 0 amide bonds. The van der Waals surface area contributed by atoms with E-state index in [0.717, 1.165) is 59.6 Å². The van der Waals surface area contributed by atoms with Gasteiger partial charge in [0, 0.05) is 37.1 Å². The van der Waals surface area contributed by atoms with Crippen molar-refractivity contribution in [1.29, 1.82) is 0 Å². The molecule has 130 valence electrons. The lowest BCUT2D eigenvalue weighted by atomic mass is 9.94. The van der Waals surface area contributed by atoms with Crippen molar-refractivity contribution in [3.8, 4) is 0 Å². The minimum absolute atomic E-state index is 0.215. The maximum absolute atomic E-state index is 13.8. The van der Waals surface area contributed by atoms with Crippen LogP contribution in [-0.4, -0.2) is 32.8 Å². The Morgan fingerprint density at radius 2 is 1.92 bits per heavy atom. The van der Waals surface area contributed by atoms with Crippen molar-refractivity contribution >= 4 is 16.6 Å². The van der Waals surface area contributed by atoms with E-state index in [4.69, 9.17) is 0 Å². The summed E-state index contributed by atoms with van der Waals surface area (Å²) in [5.41, 5.74) is 4.12. The smallest absolute Gasteiger partial charge is 0.135 e. The van der Waals surface area contributed by atoms with Crippen LogP contribution < -0.4 is 4.90 Å². The van der Waals surface area contributed by atoms with Crippen LogP contribution in [0.1, 0.15) is 35.8 Å². The Bertz CT molecular complexity index is 925. The normalized spacial score (nSPS) is 15.9. The zero-order chi connectivity index (χ0) is 17.6. The SMILES string of the molecule is Cc1nc2ccc(F)cc2c(N2CCC(c3nncn3C)CC2)c1C. The van der Waals surface area contributed by atoms with Gasteiger partial charge in [0.15, 0.2) is 0 Å². The van der Waals surface area contributed by atoms with Crippen molar-refractivity contribution in [1.82, 2.24) is 19.7 Å². The van der Waals surface area contributed by atoms with Crippen molar-refractivity contribution in [2.45, 2.75) is 32.6 Å². The highest BCUT2D eigenvalue weighted by Crippen LogP contribution is 2.36. The average molecular weight is 339 g/mol. The van der Waals surface area contributed by atoms with Crippen LogP contribution in [0.15, 0.2) is 24.5 Å². The van der Waals surface area contributed by atoms with Crippen LogP contribution in [0.25, 0.3) is 10.9 Å². The number of aryl methyl sites for hydroxylation is 2. The molecule has 1 fully saturated rings. The van der Waals surface area contributed by atoms with E-state index in [1.165, 1.54) is 6.07 Å². The zero-order valence-corrected chi connectivity index (χ0v) is 14.8. The van der Waals surface area contributed by atoms with Crippen LogP contribution in [0.3, 0.4) is 0 Å². The lowest BCUT2D eigenvalue weighted by molar-refractivity contribution is 0.474. The number of hydrogen-bond acceptors (Lipinski definition) is 4. The van der Waals surface area contributed by atoms with Crippen LogP contribution in [0.4, 0.5) is 10.1 Å². The van der Waals surface area contributed by atoms with Gasteiger partial charge in [-0.05, 0) is 50.5 Å². The molecule has 3 heterocycles. The number of anilines is 1. The second-order valence-corrected chi connectivity index (χ2v) is 6.89. The van der Waals surface area contributed by atoms with Gasteiger partial charge < -0.3 is 9.47 Å². The molecule has 3 aromatic rings. The summed E-state index contributed by atoms with van der Waals surface area (Å²) in [6.07, 6.45) is 3.79. The number of rotatable bonds is 2. The molecule has 2 aromatic heterocycles. The Balaban J connectivity index is 1.68. The Morgan fingerprint density at radius 3 is 2.60 bits per heavy atom. The molecular formula is C19H22FN5. The Hall–Kier alpha value is -2.50. The Kier molecular flexibility index (Phi) is 3.90. The number of fused-ring (bicyclic) bond motifs is 1. The second-order valence-electron chi connectivity index (χ2n) is 6.89. The molecule has 0 radical (unpaired) electrons. The minimum atomic E-state index is -0.215. The fraction of sp³-hybridized carbons (Fsp3) is 0.421. The van der Waals surface area contributed by atoms with Gasteiger partial charge >= 0.3 is 0 Å². The van der Waals surface area contributed by atoms with Gasteiger partial charge in [0.1, 0.15) is 18.0 Å². The van der Waals surface area contributed by atoms with Crippen molar-refractivity contribution in [3.63, 3.8) is 0 Å². The molecule has 5 nitrogen and oxygen atoms in total. The number of halogens is 1. The molecule has 0 atom stereocenters. The molecule has 1 aliphatic rings. The predicted molar refractivity (Wildman–Crippen MR) is 96.4 cm³/mol. The first kappa shape index (κ1) is 16.0. The summed E-state index contributed by atoms with van der Waals surface area (Å²) >= 11 is 0. The maximum atomic E-state index is 13.8. The number of hydrogen-bond donors (Lipinski definition) is 0. The fourth-order valence-electron chi connectivity index (χ4n) is 3.86. The van der Waals surface area contributed by atoms with Gasteiger partial charge in [0.05, 0.1) is 11.2 Å². The van der Waals surface area contributed by atoms with E-state index in [0.29, 0.717) is 5.92 Å². The first-order valence-corrected chi connectivity index (χ1v) is 8.70. The van der Waals surface area contributed by atoms with Gasteiger partial charge in [0.2, 0.25) is 0 Å². The summed E-state index contributed by atoms with van der Waals surface area (Å²) in [5.74, 6) is 1.26. The molecule has 1 saturated heterocycles. The second kappa shape index (κ2) is 6.10. The van der Waals surface area contributed by atoms with E-state index in [9.17, 15) is 4.39 Å². The summed E-state index contributed by atoms with van der Waals surface area (Å²) in [6, 6.07) is 4.86. The lowest BCUT2D eigenvalue weighted by Gasteiger charge is -2.35. The number of benzene rings is 1. The first-order chi connectivity index (χ1) is 12.0. The van der Waals surface area contributed by atoms with E-state index in [1.807, 2.05) is 18.5 Å². The fourth-order valence-corrected chi connectivity index (χ4v) is 3.86. The molecule has 1 aromatic carbocycles. The predicted octanol–water partition coefficient (Wildman–Crippen LogP) is 3.50. The summed E-state index contributed by atoms with van der Waals surface area (Å²) in [5, 5.41) is 9.17. The largest absolute Gasteiger partial charge is 0.371 e. The molecule has 0 spiro atoms. The number of nitrogens with zero attached hydrogens (tertiary/aromatic N) is 5. The van der Waals surface area contributed by atoms with Crippen LogP contribution in [0.2, 0.25) is 0 Å². The summed E-state index contributed by atoms with van der Waals surface area (Å²) < 4.78 is 15.9. The third-order valence-corrected chi connectivity index (χ3v) is 5.32.